The smallest absolute Gasteiger partial charge is 0.234 e. The molecule has 0 N–H and O–H groups in total. The summed E-state index contributed by atoms with van der Waals surface area (Å²) >= 11 is 6.47. The summed E-state index contributed by atoms with van der Waals surface area (Å²) in [6, 6.07) is 6.62. The molecule has 1 saturated carbocycles. The zero-order valence-electron chi connectivity index (χ0n) is 16.3. The van der Waals surface area contributed by atoms with Gasteiger partial charge in [-0.15, -0.1) is 0 Å². The number of carbonyl (C=O) groups excluding carboxylic acids is 3. The third kappa shape index (κ3) is 3.02. The Bertz CT molecular complexity index is 862. The van der Waals surface area contributed by atoms with Crippen molar-refractivity contribution < 1.29 is 14.4 Å². The summed E-state index contributed by atoms with van der Waals surface area (Å²) in [5.74, 6) is -0.512. The zero-order valence-corrected chi connectivity index (χ0v) is 17.1. The Hall–Kier alpha value is -2.14. The average Bonchev–Trinajstić information content (AvgIpc) is 3.42. The van der Waals surface area contributed by atoms with E-state index >= 15 is 0 Å². The van der Waals surface area contributed by atoms with E-state index in [2.05, 4.69) is 12.2 Å². The van der Waals surface area contributed by atoms with Crippen LogP contribution in [-0.4, -0.2) is 40.6 Å². The molecular weight excluding hydrogens is 388 g/mol. The monoisotopic (exact) mass is 412 g/mol. The van der Waals surface area contributed by atoms with Crippen molar-refractivity contribution in [2.45, 2.75) is 38.1 Å². The van der Waals surface area contributed by atoms with Crippen LogP contribution in [-0.2, 0) is 14.4 Å². The van der Waals surface area contributed by atoms with Gasteiger partial charge in [0.1, 0.15) is 0 Å². The summed E-state index contributed by atoms with van der Waals surface area (Å²) in [6.07, 6.45) is 8.31. The summed E-state index contributed by atoms with van der Waals surface area (Å²) in [7, 11) is 0. The lowest BCUT2D eigenvalue weighted by atomic mass is 9.85. The Morgan fingerprint density at radius 1 is 1.00 bits per heavy atom. The van der Waals surface area contributed by atoms with Crippen molar-refractivity contribution in [3.63, 3.8) is 0 Å². The Labute approximate surface area is 175 Å². The van der Waals surface area contributed by atoms with Gasteiger partial charge in [0.2, 0.25) is 17.7 Å². The van der Waals surface area contributed by atoms with Gasteiger partial charge < -0.3 is 4.90 Å². The Kier molecular flexibility index (Phi) is 4.73. The zero-order chi connectivity index (χ0) is 20.1. The molecule has 29 heavy (non-hydrogen) atoms. The van der Waals surface area contributed by atoms with Gasteiger partial charge in [0, 0.05) is 18.1 Å². The highest BCUT2D eigenvalue weighted by molar-refractivity contribution is 6.31. The number of benzene rings is 1. The van der Waals surface area contributed by atoms with Crippen molar-refractivity contribution in [3.8, 4) is 0 Å². The number of nitrogens with zero attached hydrogens (tertiary/aromatic N) is 2. The Morgan fingerprint density at radius 3 is 2.24 bits per heavy atom. The largest absolute Gasteiger partial charge is 0.343 e. The fraction of sp³-hybridized carbons (Fsp3) is 0.522. The van der Waals surface area contributed by atoms with Crippen LogP contribution in [0.2, 0.25) is 5.02 Å². The Balaban J connectivity index is 1.48. The number of hydrogen-bond acceptors (Lipinski definition) is 3. The number of amides is 3. The lowest BCUT2D eigenvalue weighted by Crippen LogP contribution is -2.42. The predicted molar refractivity (Wildman–Crippen MR) is 109 cm³/mol. The van der Waals surface area contributed by atoms with Gasteiger partial charge in [-0.1, -0.05) is 42.0 Å². The van der Waals surface area contributed by atoms with E-state index in [-0.39, 0.29) is 47.8 Å². The second-order valence-corrected chi connectivity index (χ2v) is 9.14. The minimum atomic E-state index is -0.636. The van der Waals surface area contributed by atoms with Crippen molar-refractivity contribution in [1.29, 1.82) is 0 Å². The molecule has 2 saturated heterocycles. The van der Waals surface area contributed by atoms with Crippen LogP contribution in [0.4, 0.5) is 0 Å². The lowest BCUT2D eigenvalue weighted by molar-refractivity contribution is -0.145. The molecule has 2 aliphatic heterocycles. The van der Waals surface area contributed by atoms with Crippen LogP contribution in [0, 0.1) is 23.7 Å². The van der Waals surface area contributed by atoms with Crippen molar-refractivity contribution >= 4 is 29.3 Å². The quantitative estimate of drug-likeness (QED) is 0.561. The number of allylic oxidation sites excluding steroid dienone is 2. The Morgan fingerprint density at radius 2 is 1.62 bits per heavy atom. The van der Waals surface area contributed by atoms with Crippen molar-refractivity contribution in [2.75, 3.05) is 13.1 Å². The molecule has 2 bridgehead atoms. The first-order valence-electron chi connectivity index (χ1n) is 10.6. The van der Waals surface area contributed by atoms with E-state index in [1.807, 2.05) is 23.1 Å². The van der Waals surface area contributed by atoms with E-state index in [1.165, 1.54) is 4.90 Å². The third-order valence-corrected chi connectivity index (χ3v) is 7.50. The second kappa shape index (κ2) is 7.28. The van der Waals surface area contributed by atoms with E-state index in [4.69, 9.17) is 11.6 Å². The summed E-state index contributed by atoms with van der Waals surface area (Å²) < 4.78 is 0. The molecule has 1 aromatic carbocycles. The molecule has 2 heterocycles. The lowest BCUT2D eigenvalue weighted by Gasteiger charge is -2.32. The summed E-state index contributed by atoms with van der Waals surface area (Å²) in [6.45, 7) is 1.49. The first-order chi connectivity index (χ1) is 14.1. The maximum atomic E-state index is 13.4. The van der Waals surface area contributed by atoms with E-state index in [0.29, 0.717) is 10.6 Å². The van der Waals surface area contributed by atoms with Crippen LogP contribution in [0.25, 0.3) is 0 Å². The molecule has 0 aromatic heterocycles. The van der Waals surface area contributed by atoms with Gasteiger partial charge in [0.15, 0.2) is 0 Å². The maximum absolute atomic E-state index is 13.4. The molecule has 152 valence electrons. The minimum absolute atomic E-state index is 0.00613. The number of likely N-dealkylation sites (tertiary alicyclic amines) is 2. The third-order valence-electron chi connectivity index (χ3n) is 7.16. The van der Waals surface area contributed by atoms with Crippen molar-refractivity contribution in [2.24, 2.45) is 23.7 Å². The van der Waals surface area contributed by atoms with Gasteiger partial charge in [-0.05, 0) is 49.1 Å². The van der Waals surface area contributed by atoms with Crippen LogP contribution in [0.1, 0.15) is 43.7 Å². The molecule has 0 spiro atoms. The number of halogens is 1. The van der Waals surface area contributed by atoms with Gasteiger partial charge in [0.25, 0.3) is 0 Å². The van der Waals surface area contributed by atoms with E-state index in [1.54, 1.807) is 6.07 Å². The standard InChI is InChI=1S/C23H25ClN2O3/c24-17-7-3-2-6-16(17)18(13-19(27)25-10-4-1-5-11-25)26-22(28)20-14-8-9-15(12-14)21(20)23(26)29/h2-3,6-9,14-15,18,20-21H,1,4-5,10-13H2. The fourth-order valence-corrected chi connectivity index (χ4v) is 6.02. The molecule has 5 atom stereocenters. The van der Waals surface area contributed by atoms with Crippen LogP contribution in [0.15, 0.2) is 36.4 Å². The number of piperidine rings is 1. The van der Waals surface area contributed by atoms with Crippen LogP contribution in [0.5, 0.6) is 0 Å². The number of rotatable bonds is 4. The molecule has 2 aliphatic carbocycles. The van der Waals surface area contributed by atoms with E-state index in [0.717, 1.165) is 38.8 Å². The highest BCUT2D eigenvalue weighted by Crippen LogP contribution is 2.54. The molecule has 3 amide bonds. The first kappa shape index (κ1) is 18.9. The van der Waals surface area contributed by atoms with Gasteiger partial charge in [-0.3, -0.25) is 19.3 Å². The van der Waals surface area contributed by atoms with Crippen LogP contribution in [0.3, 0.4) is 0 Å². The number of hydrogen-bond donors (Lipinski definition) is 0. The van der Waals surface area contributed by atoms with Gasteiger partial charge in [-0.25, -0.2) is 0 Å². The fourth-order valence-electron chi connectivity index (χ4n) is 5.76. The summed E-state index contributed by atoms with van der Waals surface area (Å²) in [5, 5.41) is 0.489. The second-order valence-electron chi connectivity index (χ2n) is 8.73. The van der Waals surface area contributed by atoms with Crippen molar-refractivity contribution in [1.82, 2.24) is 9.80 Å². The number of carbonyl (C=O) groups is 3. The van der Waals surface area contributed by atoms with E-state index < -0.39 is 6.04 Å². The molecule has 5 nitrogen and oxygen atoms in total. The first-order valence-corrected chi connectivity index (χ1v) is 11.0. The number of fused-ring (bicyclic) bond motifs is 5. The van der Waals surface area contributed by atoms with Gasteiger partial charge >= 0.3 is 0 Å². The van der Waals surface area contributed by atoms with Crippen LogP contribution < -0.4 is 0 Å². The number of imide groups is 1. The normalized spacial score (nSPS) is 31.5. The average molecular weight is 413 g/mol. The molecule has 5 rings (SSSR count). The van der Waals surface area contributed by atoms with Gasteiger partial charge in [-0.2, -0.15) is 0 Å². The predicted octanol–water partition coefficient (Wildman–Crippen LogP) is 3.59. The van der Waals surface area contributed by atoms with Crippen LogP contribution >= 0.6 is 11.6 Å². The molecule has 4 aliphatic rings. The molecule has 5 unspecified atom stereocenters. The highest BCUT2D eigenvalue weighted by Gasteiger charge is 2.60. The summed E-state index contributed by atoms with van der Waals surface area (Å²) in [4.78, 5) is 43.1. The molecule has 0 radical (unpaired) electrons. The molecule has 1 aromatic rings. The molecule has 3 fully saturated rings. The summed E-state index contributed by atoms with van der Waals surface area (Å²) in [5.41, 5.74) is 0.682. The highest BCUT2D eigenvalue weighted by atomic mass is 35.5. The minimum Gasteiger partial charge on any atom is -0.343 e. The topological polar surface area (TPSA) is 57.7 Å². The molecular formula is C23H25ClN2O3. The van der Waals surface area contributed by atoms with Crippen molar-refractivity contribution in [3.05, 3.63) is 47.0 Å². The van der Waals surface area contributed by atoms with Gasteiger partial charge in [0.05, 0.1) is 24.3 Å². The maximum Gasteiger partial charge on any atom is 0.234 e. The SMILES string of the molecule is O=C(CC(c1ccccc1Cl)N1C(=O)C2C3C=CC(C3)C2C1=O)N1CCCCC1. The molecule has 6 heteroatoms. The van der Waals surface area contributed by atoms with E-state index in [9.17, 15) is 14.4 Å².